The van der Waals surface area contributed by atoms with Crippen molar-refractivity contribution < 1.29 is 4.79 Å². The SMILES string of the molecule is CCCCC(=O)C(CCC)C12CC3CC(CC(C3)C1)C2. The molecule has 4 rings (SSSR count). The lowest BCUT2D eigenvalue weighted by atomic mass is 9.45. The first-order valence-electron chi connectivity index (χ1n) is 9.19. The summed E-state index contributed by atoms with van der Waals surface area (Å²) in [6.07, 6.45) is 14.1. The topological polar surface area (TPSA) is 17.1 Å². The molecule has 4 bridgehead atoms. The van der Waals surface area contributed by atoms with Gasteiger partial charge in [-0.3, -0.25) is 4.79 Å². The van der Waals surface area contributed by atoms with Crippen LogP contribution in [-0.2, 0) is 4.79 Å². The highest BCUT2D eigenvalue weighted by Crippen LogP contribution is 2.63. The molecule has 1 unspecified atom stereocenters. The number of hydrogen-bond donors (Lipinski definition) is 0. The third kappa shape index (κ3) is 2.57. The van der Waals surface area contributed by atoms with Gasteiger partial charge in [-0.1, -0.05) is 26.7 Å². The van der Waals surface area contributed by atoms with Gasteiger partial charge in [0.05, 0.1) is 0 Å². The molecular formula is C19H32O. The van der Waals surface area contributed by atoms with Gasteiger partial charge in [0.25, 0.3) is 0 Å². The van der Waals surface area contributed by atoms with Gasteiger partial charge in [-0.2, -0.15) is 0 Å². The molecule has 0 radical (unpaired) electrons. The molecule has 0 aliphatic heterocycles. The molecule has 4 aliphatic carbocycles. The number of hydrogen-bond acceptors (Lipinski definition) is 1. The first-order valence-corrected chi connectivity index (χ1v) is 9.19. The van der Waals surface area contributed by atoms with E-state index in [9.17, 15) is 4.79 Å². The summed E-state index contributed by atoms with van der Waals surface area (Å²) < 4.78 is 0. The quantitative estimate of drug-likeness (QED) is 0.610. The second-order valence-corrected chi connectivity index (χ2v) is 8.19. The largest absolute Gasteiger partial charge is 0.299 e. The fourth-order valence-corrected chi connectivity index (χ4v) is 6.23. The Hall–Kier alpha value is -0.330. The standard InChI is InChI=1S/C19H32O/c1-3-5-7-18(20)17(6-4-2)19-11-14-8-15(12-19)10-16(9-14)13-19/h14-17H,3-13H2,1-2H3. The summed E-state index contributed by atoms with van der Waals surface area (Å²) in [5.41, 5.74) is 0.440. The van der Waals surface area contributed by atoms with Gasteiger partial charge in [0.15, 0.2) is 0 Å². The predicted molar refractivity (Wildman–Crippen MR) is 83.5 cm³/mol. The number of carbonyl (C=O) groups excluding carboxylic acids is 1. The van der Waals surface area contributed by atoms with E-state index in [0.29, 0.717) is 17.1 Å². The van der Waals surface area contributed by atoms with E-state index in [-0.39, 0.29) is 0 Å². The smallest absolute Gasteiger partial charge is 0.136 e. The van der Waals surface area contributed by atoms with Crippen molar-refractivity contribution in [3.8, 4) is 0 Å². The Morgan fingerprint density at radius 2 is 1.55 bits per heavy atom. The van der Waals surface area contributed by atoms with E-state index in [1.54, 1.807) is 0 Å². The third-order valence-corrected chi connectivity index (χ3v) is 6.57. The Morgan fingerprint density at radius 3 is 2.00 bits per heavy atom. The average molecular weight is 276 g/mol. The van der Waals surface area contributed by atoms with Gasteiger partial charge in [-0.15, -0.1) is 0 Å². The molecule has 4 aliphatic rings. The van der Waals surface area contributed by atoms with E-state index in [1.165, 1.54) is 44.9 Å². The first kappa shape index (κ1) is 14.6. The van der Waals surface area contributed by atoms with E-state index >= 15 is 0 Å². The average Bonchev–Trinajstić information content (AvgIpc) is 2.40. The molecule has 4 saturated carbocycles. The Kier molecular flexibility index (Phi) is 4.24. The summed E-state index contributed by atoms with van der Waals surface area (Å²) >= 11 is 0. The van der Waals surface area contributed by atoms with Crippen LogP contribution in [0.4, 0.5) is 0 Å². The van der Waals surface area contributed by atoms with Gasteiger partial charge in [-0.05, 0) is 74.5 Å². The van der Waals surface area contributed by atoms with E-state index in [0.717, 1.165) is 43.4 Å². The van der Waals surface area contributed by atoms with Crippen LogP contribution < -0.4 is 0 Å². The molecule has 1 nitrogen and oxygen atoms in total. The van der Waals surface area contributed by atoms with Crippen LogP contribution >= 0.6 is 0 Å². The molecule has 0 N–H and O–H groups in total. The Morgan fingerprint density at radius 1 is 1.00 bits per heavy atom. The van der Waals surface area contributed by atoms with Crippen LogP contribution in [0.15, 0.2) is 0 Å². The van der Waals surface area contributed by atoms with Crippen LogP contribution in [0.1, 0.15) is 84.5 Å². The van der Waals surface area contributed by atoms with Crippen LogP contribution in [0.5, 0.6) is 0 Å². The number of carbonyl (C=O) groups is 1. The number of ketones is 1. The lowest BCUT2D eigenvalue weighted by molar-refractivity contribution is -0.140. The highest BCUT2D eigenvalue weighted by atomic mass is 16.1. The minimum absolute atomic E-state index is 0.410. The Balaban J connectivity index is 1.77. The van der Waals surface area contributed by atoms with Gasteiger partial charge in [-0.25, -0.2) is 0 Å². The molecule has 4 fully saturated rings. The summed E-state index contributed by atoms with van der Waals surface area (Å²) in [6, 6.07) is 0. The van der Waals surface area contributed by atoms with Crippen molar-refractivity contribution >= 4 is 5.78 Å². The Bertz CT molecular complexity index is 321. The second-order valence-electron chi connectivity index (χ2n) is 8.19. The summed E-state index contributed by atoms with van der Waals surface area (Å²) in [5.74, 6) is 3.95. The van der Waals surface area contributed by atoms with Gasteiger partial charge < -0.3 is 0 Å². The zero-order chi connectivity index (χ0) is 14.2. The normalized spacial score (nSPS) is 40.0. The highest BCUT2D eigenvalue weighted by molar-refractivity contribution is 5.81. The molecule has 0 aromatic heterocycles. The summed E-state index contributed by atoms with van der Waals surface area (Å²) in [5, 5.41) is 0. The summed E-state index contributed by atoms with van der Waals surface area (Å²) in [4.78, 5) is 12.8. The Labute approximate surface area is 124 Å². The molecule has 1 heteroatoms. The van der Waals surface area contributed by atoms with Gasteiger partial charge in [0.2, 0.25) is 0 Å². The fraction of sp³-hybridized carbons (Fsp3) is 0.947. The van der Waals surface area contributed by atoms with Crippen molar-refractivity contribution in [2.24, 2.45) is 29.1 Å². The van der Waals surface area contributed by atoms with Crippen molar-refractivity contribution in [1.29, 1.82) is 0 Å². The second kappa shape index (κ2) is 5.81. The highest BCUT2D eigenvalue weighted by Gasteiger charge is 2.54. The molecule has 0 saturated heterocycles. The molecule has 0 amide bonds. The number of rotatable bonds is 7. The van der Waals surface area contributed by atoms with Crippen molar-refractivity contribution in [2.45, 2.75) is 84.5 Å². The molecule has 114 valence electrons. The van der Waals surface area contributed by atoms with Crippen molar-refractivity contribution in [3.63, 3.8) is 0 Å². The minimum Gasteiger partial charge on any atom is -0.299 e. The lowest BCUT2D eigenvalue weighted by Crippen LogP contribution is -2.51. The van der Waals surface area contributed by atoms with Gasteiger partial charge >= 0.3 is 0 Å². The van der Waals surface area contributed by atoms with E-state index < -0.39 is 0 Å². The number of Topliss-reactive ketones (excluding diaryl/α,β-unsaturated/α-hetero) is 1. The maximum absolute atomic E-state index is 12.8. The molecule has 0 aromatic carbocycles. The molecule has 0 spiro atoms. The molecule has 0 aromatic rings. The van der Waals surface area contributed by atoms with Gasteiger partial charge in [0.1, 0.15) is 5.78 Å². The minimum atomic E-state index is 0.410. The van der Waals surface area contributed by atoms with Crippen LogP contribution in [0.25, 0.3) is 0 Å². The zero-order valence-corrected chi connectivity index (χ0v) is 13.5. The zero-order valence-electron chi connectivity index (χ0n) is 13.5. The maximum Gasteiger partial charge on any atom is 0.136 e. The van der Waals surface area contributed by atoms with E-state index in [4.69, 9.17) is 0 Å². The van der Waals surface area contributed by atoms with Crippen LogP contribution in [0, 0.1) is 29.1 Å². The van der Waals surface area contributed by atoms with Crippen LogP contribution in [0.2, 0.25) is 0 Å². The fourth-order valence-electron chi connectivity index (χ4n) is 6.23. The van der Waals surface area contributed by atoms with Crippen LogP contribution in [-0.4, -0.2) is 5.78 Å². The van der Waals surface area contributed by atoms with E-state index in [2.05, 4.69) is 13.8 Å². The number of unbranched alkanes of at least 4 members (excludes halogenated alkanes) is 1. The van der Waals surface area contributed by atoms with Crippen LogP contribution in [0.3, 0.4) is 0 Å². The van der Waals surface area contributed by atoms with Gasteiger partial charge in [0, 0.05) is 12.3 Å². The van der Waals surface area contributed by atoms with Crippen molar-refractivity contribution in [2.75, 3.05) is 0 Å². The molecule has 20 heavy (non-hydrogen) atoms. The van der Waals surface area contributed by atoms with E-state index in [1.807, 2.05) is 0 Å². The summed E-state index contributed by atoms with van der Waals surface area (Å²) in [7, 11) is 0. The first-order chi connectivity index (χ1) is 9.66. The van der Waals surface area contributed by atoms with Crippen molar-refractivity contribution in [1.82, 2.24) is 0 Å². The molecule has 0 heterocycles. The molecule has 1 atom stereocenters. The van der Waals surface area contributed by atoms with Crippen molar-refractivity contribution in [3.05, 3.63) is 0 Å². The summed E-state index contributed by atoms with van der Waals surface area (Å²) in [6.45, 7) is 4.47. The monoisotopic (exact) mass is 276 g/mol. The molecular weight excluding hydrogens is 244 g/mol. The lowest BCUT2D eigenvalue weighted by Gasteiger charge is -2.59. The predicted octanol–water partition coefficient (Wildman–Crippen LogP) is 5.38. The third-order valence-electron chi connectivity index (χ3n) is 6.57. The maximum atomic E-state index is 12.8.